The Morgan fingerprint density at radius 1 is 1.33 bits per heavy atom. The van der Waals surface area contributed by atoms with Gasteiger partial charge in [0.25, 0.3) is 0 Å². The number of methoxy groups -OCH3 is 1. The fraction of sp³-hybridized carbons (Fsp3) is 0.632. The number of benzene rings is 1. The van der Waals surface area contributed by atoms with Crippen molar-refractivity contribution >= 4 is 5.91 Å². The lowest BCUT2D eigenvalue weighted by Crippen LogP contribution is -2.49. The Morgan fingerprint density at radius 3 is 3.00 bits per heavy atom. The number of carbonyl (C=O) groups is 1. The van der Waals surface area contributed by atoms with Gasteiger partial charge in [-0.1, -0.05) is 18.2 Å². The third kappa shape index (κ3) is 3.03. The van der Waals surface area contributed by atoms with Gasteiger partial charge in [-0.25, -0.2) is 0 Å². The first-order valence-corrected chi connectivity index (χ1v) is 8.86. The summed E-state index contributed by atoms with van der Waals surface area (Å²) in [7, 11) is 1.68. The summed E-state index contributed by atoms with van der Waals surface area (Å²) in [4.78, 5) is 12.6. The smallest absolute Gasteiger partial charge is 0.223 e. The molecule has 2 heterocycles. The Morgan fingerprint density at radius 2 is 2.21 bits per heavy atom. The molecule has 1 N–H and O–H groups in total. The van der Waals surface area contributed by atoms with Gasteiger partial charge in [-0.3, -0.25) is 4.79 Å². The third-order valence-corrected chi connectivity index (χ3v) is 5.57. The molecule has 4 atom stereocenters. The number of amides is 1. The molecule has 1 saturated carbocycles. The molecule has 1 amide bonds. The zero-order valence-corrected chi connectivity index (χ0v) is 14.1. The van der Waals surface area contributed by atoms with E-state index in [0.717, 1.165) is 43.6 Å². The van der Waals surface area contributed by atoms with Crippen molar-refractivity contribution in [3.05, 3.63) is 29.8 Å². The molecule has 0 bridgehead atoms. The van der Waals surface area contributed by atoms with E-state index in [1.54, 1.807) is 7.11 Å². The molecular weight excluding hydrogens is 306 g/mol. The molecule has 3 aliphatic rings. The van der Waals surface area contributed by atoms with E-state index in [-0.39, 0.29) is 29.4 Å². The van der Waals surface area contributed by atoms with Crippen LogP contribution in [0.15, 0.2) is 24.3 Å². The van der Waals surface area contributed by atoms with Gasteiger partial charge in [0.15, 0.2) is 0 Å². The maximum Gasteiger partial charge on any atom is 0.223 e. The van der Waals surface area contributed by atoms with Crippen molar-refractivity contribution in [1.29, 1.82) is 0 Å². The molecule has 5 heteroatoms. The number of hydrogen-bond donors (Lipinski definition) is 1. The highest BCUT2D eigenvalue weighted by Crippen LogP contribution is 2.50. The number of nitrogens with one attached hydrogen (secondary N) is 1. The molecule has 3 fully saturated rings. The van der Waals surface area contributed by atoms with Crippen molar-refractivity contribution in [2.45, 2.75) is 43.2 Å². The second kappa shape index (κ2) is 6.37. The number of rotatable bonds is 4. The van der Waals surface area contributed by atoms with Crippen molar-refractivity contribution in [1.82, 2.24) is 5.32 Å². The zero-order chi connectivity index (χ0) is 16.6. The number of para-hydroxylation sites is 1. The molecule has 0 unspecified atom stereocenters. The van der Waals surface area contributed by atoms with Gasteiger partial charge >= 0.3 is 0 Å². The quantitative estimate of drug-likeness (QED) is 0.919. The summed E-state index contributed by atoms with van der Waals surface area (Å²) in [6, 6.07) is 8.20. The van der Waals surface area contributed by atoms with Gasteiger partial charge in [0.1, 0.15) is 5.75 Å². The number of carbonyl (C=O) groups excluding carboxylic acids is 1. The van der Waals surface area contributed by atoms with Crippen LogP contribution in [0.25, 0.3) is 0 Å². The Kier molecular flexibility index (Phi) is 4.22. The van der Waals surface area contributed by atoms with Crippen LogP contribution in [0.1, 0.15) is 37.2 Å². The van der Waals surface area contributed by atoms with Crippen molar-refractivity contribution in [2.75, 3.05) is 26.9 Å². The Balaban J connectivity index is 1.36. The van der Waals surface area contributed by atoms with E-state index >= 15 is 0 Å². The SMILES string of the molecule is COc1ccccc1[C@@H]1C[C@H]1C(=O)N[C@@H]1CCO[C@@]2(CCOC2)C1. The summed E-state index contributed by atoms with van der Waals surface area (Å²) in [6.45, 7) is 2.13. The molecule has 2 saturated heterocycles. The van der Waals surface area contributed by atoms with Gasteiger partial charge in [-0.15, -0.1) is 0 Å². The molecule has 1 spiro atoms. The fourth-order valence-corrected chi connectivity index (χ4v) is 4.12. The summed E-state index contributed by atoms with van der Waals surface area (Å²) in [5, 5.41) is 3.25. The van der Waals surface area contributed by atoms with Crippen LogP contribution >= 0.6 is 0 Å². The largest absolute Gasteiger partial charge is 0.496 e. The third-order valence-electron chi connectivity index (χ3n) is 5.57. The zero-order valence-electron chi connectivity index (χ0n) is 14.1. The van der Waals surface area contributed by atoms with Crippen molar-refractivity contribution in [3.63, 3.8) is 0 Å². The summed E-state index contributed by atoms with van der Waals surface area (Å²) in [5.74, 6) is 1.41. The molecule has 1 aliphatic carbocycles. The summed E-state index contributed by atoms with van der Waals surface area (Å²) < 4.78 is 16.9. The second-order valence-electron chi connectivity index (χ2n) is 7.22. The predicted octanol–water partition coefficient (Wildman–Crippen LogP) is 2.25. The molecule has 0 radical (unpaired) electrons. The van der Waals surface area contributed by atoms with E-state index in [2.05, 4.69) is 11.4 Å². The molecule has 1 aromatic rings. The van der Waals surface area contributed by atoms with Crippen LogP contribution in [0.2, 0.25) is 0 Å². The molecule has 5 nitrogen and oxygen atoms in total. The maximum absolute atomic E-state index is 12.6. The Bertz CT molecular complexity index is 611. The van der Waals surface area contributed by atoms with Crippen LogP contribution in [0, 0.1) is 5.92 Å². The first kappa shape index (κ1) is 15.9. The van der Waals surface area contributed by atoms with Crippen LogP contribution in [0.5, 0.6) is 5.75 Å². The van der Waals surface area contributed by atoms with E-state index in [4.69, 9.17) is 14.2 Å². The van der Waals surface area contributed by atoms with Gasteiger partial charge in [-0.05, 0) is 36.8 Å². The van der Waals surface area contributed by atoms with Crippen molar-refractivity contribution in [2.24, 2.45) is 5.92 Å². The van der Waals surface area contributed by atoms with E-state index in [1.807, 2.05) is 18.2 Å². The molecular formula is C19H25NO4. The highest BCUT2D eigenvalue weighted by Gasteiger charge is 2.47. The molecule has 0 aromatic heterocycles. The lowest BCUT2D eigenvalue weighted by molar-refractivity contribution is -0.126. The van der Waals surface area contributed by atoms with Gasteiger partial charge in [0, 0.05) is 31.6 Å². The van der Waals surface area contributed by atoms with Crippen molar-refractivity contribution < 1.29 is 19.0 Å². The monoisotopic (exact) mass is 331 g/mol. The lowest BCUT2D eigenvalue weighted by Gasteiger charge is -2.37. The minimum atomic E-state index is -0.165. The topological polar surface area (TPSA) is 56.8 Å². The summed E-state index contributed by atoms with van der Waals surface area (Å²) in [6.07, 6.45) is 3.60. The minimum Gasteiger partial charge on any atom is -0.496 e. The van der Waals surface area contributed by atoms with Crippen LogP contribution in [0.3, 0.4) is 0 Å². The molecule has 2 aliphatic heterocycles. The average molecular weight is 331 g/mol. The fourth-order valence-electron chi connectivity index (χ4n) is 4.12. The normalized spacial score (nSPS) is 35.0. The first-order chi connectivity index (χ1) is 11.7. The summed E-state index contributed by atoms with van der Waals surface area (Å²) in [5.41, 5.74) is 0.981. The molecule has 4 rings (SSSR count). The van der Waals surface area contributed by atoms with Gasteiger partial charge in [0.2, 0.25) is 5.91 Å². The molecule has 130 valence electrons. The predicted molar refractivity (Wildman–Crippen MR) is 89.1 cm³/mol. The van der Waals surface area contributed by atoms with Crippen LogP contribution < -0.4 is 10.1 Å². The van der Waals surface area contributed by atoms with Gasteiger partial charge in [0.05, 0.1) is 19.3 Å². The minimum absolute atomic E-state index is 0.0694. The highest BCUT2D eigenvalue weighted by atomic mass is 16.6. The van der Waals surface area contributed by atoms with E-state index in [9.17, 15) is 4.79 Å². The van der Waals surface area contributed by atoms with E-state index in [1.165, 1.54) is 0 Å². The maximum atomic E-state index is 12.6. The van der Waals surface area contributed by atoms with Crippen LogP contribution in [0.4, 0.5) is 0 Å². The van der Waals surface area contributed by atoms with Crippen molar-refractivity contribution in [3.8, 4) is 5.75 Å². The lowest BCUT2D eigenvalue weighted by atomic mass is 9.89. The number of ether oxygens (including phenoxy) is 3. The molecule has 1 aromatic carbocycles. The Hall–Kier alpha value is -1.59. The summed E-state index contributed by atoms with van der Waals surface area (Å²) >= 11 is 0. The Labute approximate surface area is 142 Å². The van der Waals surface area contributed by atoms with E-state index < -0.39 is 0 Å². The van der Waals surface area contributed by atoms with Gasteiger partial charge in [-0.2, -0.15) is 0 Å². The second-order valence-corrected chi connectivity index (χ2v) is 7.22. The molecule has 24 heavy (non-hydrogen) atoms. The average Bonchev–Trinajstić information content (AvgIpc) is 3.29. The van der Waals surface area contributed by atoms with Crippen LogP contribution in [-0.2, 0) is 14.3 Å². The number of hydrogen-bond acceptors (Lipinski definition) is 4. The standard InChI is InChI=1S/C19H25NO4/c1-22-17-5-3-2-4-14(17)15-10-16(15)18(21)20-13-6-8-24-19(11-13)7-9-23-12-19/h2-5,13,15-16H,6-12H2,1H3,(H,20,21)/t13-,15+,16-,19+/m1/s1. The highest BCUT2D eigenvalue weighted by molar-refractivity contribution is 5.83. The first-order valence-electron chi connectivity index (χ1n) is 8.86. The van der Waals surface area contributed by atoms with Crippen LogP contribution in [-0.4, -0.2) is 44.5 Å². The van der Waals surface area contributed by atoms with Gasteiger partial charge < -0.3 is 19.5 Å². The van der Waals surface area contributed by atoms with E-state index in [0.29, 0.717) is 13.2 Å².